The van der Waals surface area contributed by atoms with E-state index in [1.807, 2.05) is 30.3 Å². The second kappa shape index (κ2) is 8.70. The second-order valence-electron chi connectivity index (χ2n) is 6.20. The van der Waals surface area contributed by atoms with Crippen LogP contribution in [0, 0.1) is 0 Å². The smallest absolute Gasteiger partial charge is 0.341 e. The van der Waals surface area contributed by atoms with E-state index in [1.165, 1.54) is 11.3 Å². The van der Waals surface area contributed by atoms with Crippen molar-refractivity contribution in [1.29, 1.82) is 0 Å². The number of ether oxygens (including phenoxy) is 1. The number of halogens is 1. The van der Waals surface area contributed by atoms with Gasteiger partial charge in [0.2, 0.25) is 0 Å². The first-order chi connectivity index (χ1) is 13.4. The molecule has 0 fully saturated rings. The molecule has 1 atom stereocenters. The third-order valence-electron chi connectivity index (χ3n) is 4.20. The van der Waals surface area contributed by atoms with Crippen molar-refractivity contribution < 1.29 is 14.3 Å². The Kier molecular flexibility index (Phi) is 6.31. The van der Waals surface area contributed by atoms with Gasteiger partial charge in [0.1, 0.15) is 5.00 Å². The number of nitrogens with zero attached hydrogens (tertiary/aromatic N) is 2. The first kappa shape index (κ1) is 20.3. The topological polar surface area (TPSA) is 73.2 Å². The van der Waals surface area contributed by atoms with E-state index in [2.05, 4.69) is 33.3 Å². The summed E-state index contributed by atoms with van der Waals surface area (Å²) in [5, 5.41) is 7.43. The highest BCUT2D eigenvalue weighted by molar-refractivity contribution is 9.10. The molecule has 2 aromatic heterocycles. The zero-order valence-corrected chi connectivity index (χ0v) is 18.1. The zero-order chi connectivity index (χ0) is 20.3. The summed E-state index contributed by atoms with van der Waals surface area (Å²) >= 11 is 4.70. The van der Waals surface area contributed by atoms with Crippen molar-refractivity contribution in [3.05, 3.63) is 68.8 Å². The molecule has 0 aliphatic heterocycles. The monoisotopic (exact) mass is 461 g/mol. The molecule has 0 radical (unpaired) electrons. The standard InChI is InChI=1S/C20H20BrN3O3S/c1-4-27-20(26)14-10-16(12(2)13-8-6-5-7-9-13)28-19(14)22-18(25)17-15(21)11-24(3)23-17/h5-12H,4H2,1-3H3,(H,22,25)/t12-/m1/s1. The quantitative estimate of drug-likeness (QED) is 0.533. The lowest BCUT2D eigenvalue weighted by molar-refractivity contribution is 0.0528. The van der Waals surface area contributed by atoms with Crippen LogP contribution < -0.4 is 5.32 Å². The number of esters is 1. The van der Waals surface area contributed by atoms with Gasteiger partial charge in [0.05, 0.1) is 16.6 Å². The van der Waals surface area contributed by atoms with E-state index in [9.17, 15) is 9.59 Å². The Labute approximate surface area is 175 Å². The molecule has 1 aromatic carbocycles. The summed E-state index contributed by atoms with van der Waals surface area (Å²) in [5.41, 5.74) is 1.73. The minimum Gasteiger partial charge on any atom is -0.462 e. The van der Waals surface area contributed by atoms with E-state index in [4.69, 9.17) is 4.74 Å². The van der Waals surface area contributed by atoms with Crippen molar-refractivity contribution in [3.63, 3.8) is 0 Å². The maximum absolute atomic E-state index is 12.7. The van der Waals surface area contributed by atoms with Gasteiger partial charge >= 0.3 is 5.97 Å². The van der Waals surface area contributed by atoms with Crippen molar-refractivity contribution in [2.45, 2.75) is 19.8 Å². The predicted molar refractivity (Wildman–Crippen MR) is 113 cm³/mol. The van der Waals surface area contributed by atoms with Crippen molar-refractivity contribution in [3.8, 4) is 0 Å². The minimum absolute atomic E-state index is 0.0756. The van der Waals surface area contributed by atoms with Crippen LogP contribution in [0.1, 0.15) is 51.1 Å². The second-order valence-corrected chi connectivity index (χ2v) is 8.14. The van der Waals surface area contributed by atoms with Gasteiger partial charge in [0.25, 0.3) is 5.91 Å². The summed E-state index contributed by atoms with van der Waals surface area (Å²) in [5.74, 6) is -0.772. The van der Waals surface area contributed by atoms with E-state index < -0.39 is 11.9 Å². The largest absolute Gasteiger partial charge is 0.462 e. The van der Waals surface area contributed by atoms with E-state index in [0.717, 1.165) is 10.4 Å². The molecule has 1 N–H and O–H groups in total. The molecule has 28 heavy (non-hydrogen) atoms. The zero-order valence-electron chi connectivity index (χ0n) is 15.7. The van der Waals surface area contributed by atoms with E-state index in [1.54, 1.807) is 30.9 Å². The van der Waals surface area contributed by atoms with Crippen LogP contribution in [0.2, 0.25) is 0 Å². The lowest BCUT2D eigenvalue weighted by Gasteiger charge is -2.09. The lowest BCUT2D eigenvalue weighted by atomic mass is 9.99. The number of nitrogens with one attached hydrogen (secondary N) is 1. The van der Waals surface area contributed by atoms with Gasteiger partial charge in [0.15, 0.2) is 5.69 Å². The Hall–Kier alpha value is -2.45. The Morgan fingerprint density at radius 3 is 2.64 bits per heavy atom. The van der Waals surface area contributed by atoms with Crippen molar-refractivity contribution in [2.24, 2.45) is 7.05 Å². The molecular formula is C20H20BrN3O3S. The number of aryl methyl sites for hydroxylation is 1. The van der Waals surface area contributed by atoms with Gasteiger partial charge in [0, 0.05) is 24.0 Å². The normalized spacial score (nSPS) is 11.9. The van der Waals surface area contributed by atoms with Gasteiger partial charge < -0.3 is 10.1 Å². The van der Waals surface area contributed by atoms with Gasteiger partial charge in [-0.1, -0.05) is 37.3 Å². The maximum Gasteiger partial charge on any atom is 0.341 e. The highest BCUT2D eigenvalue weighted by Crippen LogP contribution is 2.36. The molecule has 0 aliphatic rings. The molecule has 0 spiro atoms. The maximum atomic E-state index is 12.7. The molecule has 0 saturated heterocycles. The average Bonchev–Trinajstić information content (AvgIpc) is 3.24. The predicted octanol–water partition coefficient (Wildman–Crippen LogP) is 4.82. The Bertz CT molecular complexity index is 998. The van der Waals surface area contributed by atoms with Gasteiger partial charge in [-0.2, -0.15) is 5.10 Å². The van der Waals surface area contributed by atoms with E-state index in [-0.39, 0.29) is 18.2 Å². The van der Waals surface area contributed by atoms with Gasteiger partial charge in [-0.3, -0.25) is 9.48 Å². The SMILES string of the molecule is CCOC(=O)c1cc([C@H](C)c2ccccc2)sc1NC(=O)c1nn(C)cc1Br. The molecule has 6 nitrogen and oxygen atoms in total. The number of aromatic nitrogens is 2. The molecule has 3 rings (SSSR count). The van der Waals surface area contributed by atoms with Gasteiger partial charge in [-0.15, -0.1) is 11.3 Å². The summed E-state index contributed by atoms with van der Waals surface area (Å²) in [6, 6.07) is 11.8. The summed E-state index contributed by atoms with van der Waals surface area (Å²) in [4.78, 5) is 26.1. The van der Waals surface area contributed by atoms with E-state index >= 15 is 0 Å². The van der Waals surface area contributed by atoms with E-state index in [0.29, 0.717) is 15.0 Å². The van der Waals surface area contributed by atoms with Crippen LogP contribution in [-0.4, -0.2) is 28.3 Å². The third kappa shape index (κ3) is 4.34. The Morgan fingerprint density at radius 2 is 2.04 bits per heavy atom. The van der Waals surface area contributed by atoms with Crippen LogP contribution in [0.3, 0.4) is 0 Å². The lowest BCUT2D eigenvalue weighted by Crippen LogP contribution is -2.15. The number of rotatable bonds is 6. The number of amides is 1. The molecule has 1 amide bonds. The van der Waals surface area contributed by atoms with Gasteiger partial charge in [-0.05, 0) is 34.5 Å². The Balaban J connectivity index is 1.94. The molecule has 2 heterocycles. The average molecular weight is 462 g/mol. The molecule has 146 valence electrons. The van der Waals surface area contributed by atoms with Crippen LogP contribution in [-0.2, 0) is 11.8 Å². The van der Waals surface area contributed by atoms with Crippen molar-refractivity contribution >= 4 is 44.1 Å². The molecule has 8 heteroatoms. The van der Waals surface area contributed by atoms with Crippen LogP contribution in [0.4, 0.5) is 5.00 Å². The molecule has 3 aromatic rings. The molecule has 0 bridgehead atoms. The first-order valence-corrected chi connectivity index (χ1v) is 10.4. The molecule has 0 saturated carbocycles. The molecular weight excluding hydrogens is 442 g/mol. The number of benzene rings is 1. The summed E-state index contributed by atoms with van der Waals surface area (Å²) in [7, 11) is 1.73. The van der Waals surface area contributed by atoms with Crippen LogP contribution in [0.15, 0.2) is 47.1 Å². The van der Waals surface area contributed by atoms with Crippen LogP contribution >= 0.6 is 27.3 Å². The first-order valence-electron chi connectivity index (χ1n) is 8.77. The van der Waals surface area contributed by atoms with Gasteiger partial charge in [-0.25, -0.2) is 4.79 Å². The fourth-order valence-electron chi connectivity index (χ4n) is 2.76. The van der Waals surface area contributed by atoms with Crippen molar-refractivity contribution in [2.75, 3.05) is 11.9 Å². The molecule has 0 unspecified atom stereocenters. The number of anilines is 1. The number of hydrogen-bond acceptors (Lipinski definition) is 5. The summed E-state index contributed by atoms with van der Waals surface area (Å²) in [6.07, 6.45) is 1.69. The molecule has 0 aliphatic carbocycles. The van der Waals surface area contributed by atoms with Crippen LogP contribution in [0.25, 0.3) is 0 Å². The van der Waals surface area contributed by atoms with Crippen LogP contribution in [0.5, 0.6) is 0 Å². The number of carbonyl (C=O) groups is 2. The third-order valence-corrected chi connectivity index (χ3v) is 6.01. The number of hydrogen-bond donors (Lipinski definition) is 1. The summed E-state index contributed by atoms with van der Waals surface area (Å²) in [6.45, 7) is 4.08. The minimum atomic E-state index is -0.458. The fourth-order valence-corrected chi connectivity index (χ4v) is 4.44. The summed E-state index contributed by atoms with van der Waals surface area (Å²) < 4.78 is 7.30. The number of carbonyl (C=O) groups excluding carboxylic acids is 2. The number of thiophene rings is 1. The van der Waals surface area contributed by atoms with Crippen molar-refractivity contribution in [1.82, 2.24) is 9.78 Å². The highest BCUT2D eigenvalue weighted by Gasteiger charge is 2.24. The fraction of sp³-hybridized carbons (Fsp3) is 0.250. The Morgan fingerprint density at radius 1 is 1.32 bits per heavy atom. The highest BCUT2D eigenvalue weighted by atomic mass is 79.9.